The Balaban J connectivity index is 0.000000156. The van der Waals surface area contributed by atoms with Gasteiger partial charge in [-0.3, -0.25) is 0 Å². The van der Waals surface area contributed by atoms with Crippen LogP contribution in [0.4, 0.5) is 0 Å². The molecular weight excluding hydrogens is 693 g/mol. The van der Waals surface area contributed by atoms with Gasteiger partial charge in [-0.2, -0.15) is 0 Å². The van der Waals surface area contributed by atoms with Crippen LogP contribution in [0.3, 0.4) is 0 Å². The summed E-state index contributed by atoms with van der Waals surface area (Å²) in [6.07, 6.45) is 1.39. The summed E-state index contributed by atoms with van der Waals surface area (Å²) in [6.45, 7) is 7.27. The van der Waals surface area contributed by atoms with E-state index in [-0.39, 0.29) is 5.41 Å². The molecule has 0 aliphatic heterocycles. The Kier molecular flexibility index (Phi) is 10.5. The number of benzene rings is 8. The van der Waals surface area contributed by atoms with Gasteiger partial charge in [0.25, 0.3) is 0 Å². The maximum Gasteiger partial charge on any atom is 0.136 e. The molecule has 0 saturated heterocycles. The SMILES string of the molecule is CC1(C)c2ccccc2-c2c(CN)cccc21.Cc1ccccc1.N=Cc1cccc2oc3ccc(-c4cccc(-c5ccc(-c6ccccc6)cc5)c4)cc3c12. The van der Waals surface area contributed by atoms with E-state index in [4.69, 9.17) is 15.6 Å². The summed E-state index contributed by atoms with van der Waals surface area (Å²) in [4.78, 5) is 0. The van der Waals surface area contributed by atoms with Crippen LogP contribution in [0, 0.1) is 12.3 Å². The molecule has 9 aromatic rings. The molecule has 3 heteroatoms. The van der Waals surface area contributed by atoms with Gasteiger partial charge in [-0.1, -0.05) is 183 Å². The fourth-order valence-electron chi connectivity index (χ4n) is 8.05. The van der Waals surface area contributed by atoms with Crippen LogP contribution in [0.1, 0.15) is 41.7 Å². The molecule has 0 unspecified atom stereocenters. The summed E-state index contributed by atoms with van der Waals surface area (Å²) in [6, 6.07) is 65.4. The van der Waals surface area contributed by atoms with Crippen molar-refractivity contribution in [3.05, 3.63) is 216 Å². The van der Waals surface area contributed by atoms with Crippen molar-refractivity contribution >= 4 is 28.2 Å². The van der Waals surface area contributed by atoms with E-state index in [0.29, 0.717) is 6.54 Å². The van der Waals surface area contributed by atoms with Crippen molar-refractivity contribution in [2.24, 2.45) is 5.73 Å². The minimum Gasteiger partial charge on any atom is -0.456 e. The van der Waals surface area contributed by atoms with Gasteiger partial charge < -0.3 is 15.6 Å². The second-order valence-electron chi connectivity index (χ2n) is 15.1. The zero-order chi connectivity index (χ0) is 39.4. The maximum absolute atomic E-state index is 7.78. The second kappa shape index (κ2) is 16.1. The van der Waals surface area contributed by atoms with Crippen LogP contribution in [0.2, 0.25) is 0 Å². The van der Waals surface area contributed by atoms with Gasteiger partial charge >= 0.3 is 0 Å². The van der Waals surface area contributed by atoms with Crippen LogP contribution >= 0.6 is 0 Å². The Morgan fingerprint density at radius 3 is 1.75 bits per heavy atom. The average molecular weight is 739 g/mol. The third-order valence-electron chi connectivity index (χ3n) is 11.1. The van der Waals surface area contributed by atoms with Crippen molar-refractivity contribution in [3.8, 4) is 44.5 Å². The topological polar surface area (TPSA) is 63.0 Å². The molecule has 3 N–H and O–H groups in total. The number of hydrogen-bond donors (Lipinski definition) is 2. The zero-order valence-electron chi connectivity index (χ0n) is 32.7. The molecule has 1 aliphatic rings. The van der Waals surface area contributed by atoms with Crippen LogP contribution in [-0.4, -0.2) is 6.21 Å². The Morgan fingerprint density at radius 2 is 1.07 bits per heavy atom. The Hall–Kier alpha value is -6.81. The Labute approximate surface area is 335 Å². The Bertz CT molecular complexity index is 2810. The highest BCUT2D eigenvalue weighted by atomic mass is 16.3. The number of fused-ring (bicyclic) bond motifs is 6. The van der Waals surface area contributed by atoms with Gasteiger partial charge in [-0.15, -0.1) is 0 Å². The van der Waals surface area contributed by atoms with Gasteiger partial charge in [0.05, 0.1) is 0 Å². The summed E-state index contributed by atoms with van der Waals surface area (Å²) >= 11 is 0. The van der Waals surface area contributed by atoms with E-state index in [1.165, 1.54) is 61.8 Å². The van der Waals surface area contributed by atoms with Crippen LogP contribution in [-0.2, 0) is 12.0 Å². The lowest BCUT2D eigenvalue weighted by Crippen LogP contribution is -2.15. The van der Waals surface area contributed by atoms with Crippen molar-refractivity contribution in [1.29, 1.82) is 5.41 Å². The molecule has 0 spiro atoms. The Morgan fingerprint density at radius 1 is 0.526 bits per heavy atom. The molecule has 0 fully saturated rings. The third kappa shape index (κ3) is 7.46. The van der Waals surface area contributed by atoms with Crippen molar-refractivity contribution in [2.75, 3.05) is 0 Å². The first kappa shape index (κ1) is 37.1. The summed E-state index contributed by atoms with van der Waals surface area (Å²) < 4.78 is 6.02. The van der Waals surface area contributed by atoms with Gasteiger partial charge in [0.1, 0.15) is 11.2 Å². The summed E-state index contributed by atoms with van der Waals surface area (Å²) in [5.74, 6) is 0. The zero-order valence-corrected chi connectivity index (χ0v) is 32.7. The largest absolute Gasteiger partial charge is 0.456 e. The van der Waals surface area contributed by atoms with Gasteiger partial charge in [0.2, 0.25) is 0 Å². The normalized spacial score (nSPS) is 12.1. The van der Waals surface area contributed by atoms with E-state index in [1.807, 2.05) is 48.5 Å². The third-order valence-corrected chi connectivity index (χ3v) is 11.1. The number of rotatable bonds is 5. The van der Waals surface area contributed by atoms with Crippen LogP contribution in [0.25, 0.3) is 66.4 Å². The van der Waals surface area contributed by atoms with Crippen molar-refractivity contribution in [1.82, 2.24) is 0 Å². The standard InChI is InChI=1S/C31H21NO.C16H17N.C7H8/c32-20-27-10-5-11-30-31(27)28-19-26(16-17-29(28)33-30)25-9-4-8-24(18-25)23-14-12-22(13-15-23)21-6-2-1-3-7-21;1-16(2)13-8-4-3-7-12(13)15-11(10-17)6-5-9-14(15)16;1-7-5-3-2-4-6-7/h1-20,32H;3-9H,10,17H2,1-2H3;2-6H,1H3. The first-order valence-corrected chi connectivity index (χ1v) is 19.5. The molecule has 0 atom stereocenters. The minimum atomic E-state index is 0.0944. The molecule has 0 saturated carbocycles. The van der Waals surface area contributed by atoms with Gasteiger partial charge in [0.15, 0.2) is 0 Å². The highest BCUT2D eigenvalue weighted by molar-refractivity contribution is 6.13. The highest BCUT2D eigenvalue weighted by Crippen LogP contribution is 2.49. The highest BCUT2D eigenvalue weighted by Gasteiger charge is 2.35. The van der Waals surface area contributed by atoms with E-state index < -0.39 is 0 Å². The van der Waals surface area contributed by atoms with Crippen molar-refractivity contribution in [3.63, 3.8) is 0 Å². The number of nitrogens with one attached hydrogen (secondary N) is 1. The number of aryl methyl sites for hydroxylation is 1. The van der Waals surface area contributed by atoms with E-state index >= 15 is 0 Å². The molecule has 278 valence electrons. The fourth-order valence-corrected chi connectivity index (χ4v) is 8.05. The number of nitrogens with two attached hydrogens (primary N) is 1. The molecule has 3 nitrogen and oxygen atoms in total. The predicted octanol–water partition coefficient (Wildman–Crippen LogP) is 14.0. The minimum absolute atomic E-state index is 0.0944. The summed E-state index contributed by atoms with van der Waals surface area (Å²) in [5, 5.41) is 9.82. The van der Waals surface area contributed by atoms with Crippen LogP contribution in [0.5, 0.6) is 0 Å². The van der Waals surface area contributed by atoms with Crippen molar-refractivity contribution in [2.45, 2.75) is 32.7 Å². The molecule has 1 heterocycles. The molecule has 1 aliphatic carbocycles. The molecule has 10 rings (SSSR count). The predicted molar refractivity (Wildman–Crippen MR) is 241 cm³/mol. The lowest BCUT2D eigenvalue weighted by molar-refractivity contribution is 0.660. The van der Waals surface area contributed by atoms with Crippen molar-refractivity contribution < 1.29 is 4.42 Å². The lowest BCUT2D eigenvalue weighted by atomic mass is 9.82. The van der Waals surface area contributed by atoms with E-state index in [2.05, 4.69) is 160 Å². The molecule has 0 bridgehead atoms. The van der Waals surface area contributed by atoms with Crippen LogP contribution in [0.15, 0.2) is 192 Å². The summed E-state index contributed by atoms with van der Waals surface area (Å²) in [7, 11) is 0. The van der Waals surface area contributed by atoms with Gasteiger partial charge in [0, 0.05) is 34.5 Å². The van der Waals surface area contributed by atoms with E-state index in [9.17, 15) is 0 Å². The van der Waals surface area contributed by atoms with E-state index in [1.54, 1.807) is 0 Å². The fraction of sp³-hybridized carbons (Fsp3) is 0.0926. The number of furan rings is 1. The average Bonchev–Trinajstić information content (AvgIpc) is 3.76. The van der Waals surface area contributed by atoms with E-state index in [0.717, 1.165) is 38.6 Å². The van der Waals surface area contributed by atoms with Gasteiger partial charge in [-0.05, 0) is 92.4 Å². The smallest absolute Gasteiger partial charge is 0.136 e. The molecule has 8 aromatic carbocycles. The first-order valence-electron chi connectivity index (χ1n) is 19.5. The second-order valence-corrected chi connectivity index (χ2v) is 15.1. The molecular formula is C54H46N2O. The molecule has 0 amide bonds. The lowest BCUT2D eigenvalue weighted by Gasteiger charge is -2.21. The number of hydrogen-bond acceptors (Lipinski definition) is 3. The molecule has 57 heavy (non-hydrogen) atoms. The van der Waals surface area contributed by atoms with Gasteiger partial charge in [-0.25, -0.2) is 0 Å². The first-order chi connectivity index (χ1) is 27.9. The van der Waals surface area contributed by atoms with Crippen LogP contribution < -0.4 is 5.73 Å². The summed E-state index contributed by atoms with van der Waals surface area (Å²) in [5.41, 5.74) is 23.7. The molecule has 1 aromatic heterocycles. The molecule has 0 radical (unpaired) electrons. The monoisotopic (exact) mass is 738 g/mol. The quantitative estimate of drug-likeness (QED) is 0.173. The maximum atomic E-state index is 7.78.